The molecule has 0 spiro atoms. The van der Waals surface area contributed by atoms with Crippen LogP contribution in [-0.4, -0.2) is 31.6 Å². The number of rotatable bonds is 7. The molecule has 0 fully saturated rings. The first-order valence-electron chi connectivity index (χ1n) is 8.63. The highest BCUT2D eigenvalue weighted by Crippen LogP contribution is 2.40. The Bertz CT molecular complexity index is 956. The van der Waals surface area contributed by atoms with E-state index in [1.54, 1.807) is 12.1 Å². The lowest BCUT2D eigenvalue weighted by atomic mass is 10.2. The molecule has 0 aliphatic carbocycles. The molecule has 0 unspecified atom stereocenters. The predicted octanol–water partition coefficient (Wildman–Crippen LogP) is 5.53. The number of carboxylic acid groups (broad SMARTS) is 1. The van der Waals surface area contributed by atoms with Crippen LogP contribution in [0, 0.1) is 5.82 Å². The zero-order valence-electron chi connectivity index (χ0n) is 16.3. The van der Waals surface area contributed by atoms with Gasteiger partial charge in [-0.05, 0) is 43.7 Å². The first kappa shape index (κ1) is 24.7. The molecule has 1 N–H and O–H groups in total. The average molecular weight is 493 g/mol. The quantitative estimate of drug-likeness (QED) is 0.235. The molecule has 2 aromatic rings. The van der Waals surface area contributed by atoms with Gasteiger partial charge >= 0.3 is 12.1 Å². The Morgan fingerprint density at radius 1 is 1.13 bits per heavy atom. The Balaban J connectivity index is 2.03. The fraction of sp³-hybridized carbons (Fsp3) is 0.250. The van der Waals surface area contributed by atoms with Crippen LogP contribution in [0.1, 0.15) is 25.1 Å². The van der Waals surface area contributed by atoms with Crippen molar-refractivity contribution in [3.05, 3.63) is 65.4 Å². The van der Waals surface area contributed by atoms with Gasteiger partial charge in [0.05, 0.1) is 11.9 Å². The Morgan fingerprint density at radius 3 is 2.29 bits per heavy atom. The Labute approximate surface area is 192 Å². The molecule has 2 rings (SSSR count). The van der Waals surface area contributed by atoms with E-state index in [1.165, 1.54) is 44.3 Å². The number of ether oxygens (including phenoxy) is 3. The number of aromatic nitrogens is 1. The van der Waals surface area contributed by atoms with Gasteiger partial charge in [0.2, 0.25) is 9.55 Å². The van der Waals surface area contributed by atoms with E-state index in [4.69, 9.17) is 49.0 Å². The monoisotopic (exact) mass is 491 g/mol. The highest BCUT2D eigenvalue weighted by atomic mass is 35.6. The molecule has 11 heteroatoms. The molecule has 0 saturated carbocycles. The Hall–Kier alpha value is -2.55. The lowest BCUT2D eigenvalue weighted by molar-refractivity contribution is -0.136. The number of nitrogens with zero attached hydrogens (tertiary/aromatic N) is 1. The van der Waals surface area contributed by atoms with Crippen LogP contribution in [0.25, 0.3) is 6.08 Å². The number of carbonyl (C=O) groups excluding carboxylic acids is 1. The first-order chi connectivity index (χ1) is 14.4. The molecule has 7 nitrogen and oxygen atoms in total. The molecule has 166 valence electrons. The van der Waals surface area contributed by atoms with E-state index in [-0.39, 0.29) is 18.1 Å². The zero-order valence-corrected chi connectivity index (χ0v) is 18.5. The van der Waals surface area contributed by atoms with Gasteiger partial charge < -0.3 is 19.3 Å². The molecule has 1 aromatic heterocycles. The van der Waals surface area contributed by atoms with Gasteiger partial charge in [-0.1, -0.05) is 46.9 Å². The molecule has 1 aromatic carbocycles. The van der Waals surface area contributed by atoms with Crippen molar-refractivity contribution in [2.75, 3.05) is 0 Å². The molecule has 1 heterocycles. The van der Waals surface area contributed by atoms with Crippen molar-refractivity contribution in [2.24, 2.45) is 0 Å². The van der Waals surface area contributed by atoms with Crippen LogP contribution >= 0.6 is 34.8 Å². The minimum atomic E-state index is -1.97. The summed E-state index contributed by atoms with van der Waals surface area (Å²) in [5, 5.41) is 9.27. The average Bonchev–Trinajstić information content (AvgIpc) is 2.66. The number of carbonyl (C=O) groups is 2. The molecule has 0 atom stereocenters. The SMILES string of the molecule is CC(C)(OC(=O)O/C(=C\c1ccc(OCc2ccc(F)cc2)cn1)C(=O)O)C(Cl)(Cl)Cl. The topological polar surface area (TPSA) is 95.0 Å². The molecular formula is C20H17Cl3FNO6. The number of aliphatic carboxylic acids is 1. The smallest absolute Gasteiger partial charge is 0.487 e. The van der Waals surface area contributed by atoms with E-state index in [9.17, 15) is 19.1 Å². The van der Waals surface area contributed by atoms with E-state index in [2.05, 4.69) is 4.98 Å². The second-order valence-corrected chi connectivity index (χ2v) is 8.89. The van der Waals surface area contributed by atoms with Gasteiger partial charge in [-0.15, -0.1) is 0 Å². The third-order valence-electron chi connectivity index (χ3n) is 3.78. The number of carboxylic acids is 1. The maximum absolute atomic E-state index is 12.9. The van der Waals surface area contributed by atoms with Gasteiger partial charge in [-0.2, -0.15) is 0 Å². The highest BCUT2D eigenvalue weighted by Gasteiger charge is 2.44. The van der Waals surface area contributed by atoms with Gasteiger partial charge in [-0.25, -0.2) is 14.0 Å². The minimum Gasteiger partial charge on any atom is -0.487 e. The molecule has 0 aliphatic rings. The Morgan fingerprint density at radius 2 is 1.77 bits per heavy atom. The fourth-order valence-corrected chi connectivity index (χ4v) is 2.07. The van der Waals surface area contributed by atoms with Crippen LogP contribution in [0.15, 0.2) is 48.4 Å². The summed E-state index contributed by atoms with van der Waals surface area (Å²) < 4.78 is 26.1. The summed E-state index contributed by atoms with van der Waals surface area (Å²) in [5.74, 6) is -2.25. The molecule has 31 heavy (non-hydrogen) atoms. The molecular weight excluding hydrogens is 476 g/mol. The van der Waals surface area contributed by atoms with Gasteiger partial charge in [0.1, 0.15) is 18.2 Å². The van der Waals surface area contributed by atoms with E-state index >= 15 is 0 Å². The summed E-state index contributed by atoms with van der Waals surface area (Å²) >= 11 is 17.1. The van der Waals surface area contributed by atoms with Crippen LogP contribution in [0.4, 0.5) is 9.18 Å². The number of halogens is 4. The summed E-state index contributed by atoms with van der Waals surface area (Å²) in [5.41, 5.74) is -0.664. The van der Waals surface area contributed by atoms with Gasteiger partial charge in [0.25, 0.3) is 0 Å². The largest absolute Gasteiger partial charge is 0.514 e. The normalized spacial score (nSPS) is 12.3. The number of pyridine rings is 1. The van der Waals surface area contributed by atoms with Crippen molar-refractivity contribution in [2.45, 2.75) is 29.8 Å². The molecule has 0 radical (unpaired) electrons. The van der Waals surface area contributed by atoms with Crippen molar-refractivity contribution in [3.8, 4) is 5.75 Å². The third-order valence-corrected chi connectivity index (χ3v) is 5.15. The standard InChI is InChI=1S/C20H17Cl3FNO6/c1-19(2,20(21,22)23)31-18(28)30-16(17(26)27)9-14-7-8-15(10-25-14)29-11-12-3-5-13(24)6-4-12/h3-10H,11H2,1-2H3,(H,26,27)/b16-9-. The summed E-state index contributed by atoms with van der Waals surface area (Å²) in [4.78, 5) is 27.3. The van der Waals surface area contributed by atoms with Gasteiger partial charge in [-0.3, -0.25) is 4.98 Å². The predicted molar refractivity (Wildman–Crippen MR) is 113 cm³/mol. The van der Waals surface area contributed by atoms with Crippen LogP contribution in [0.3, 0.4) is 0 Å². The Kier molecular flexibility index (Phi) is 8.11. The van der Waals surface area contributed by atoms with Crippen molar-refractivity contribution in [1.82, 2.24) is 4.98 Å². The van der Waals surface area contributed by atoms with Crippen molar-refractivity contribution >= 4 is 53.0 Å². The molecule has 0 bridgehead atoms. The van der Waals surface area contributed by atoms with Gasteiger partial charge in [0.15, 0.2) is 5.60 Å². The zero-order chi connectivity index (χ0) is 23.2. The van der Waals surface area contributed by atoms with E-state index in [0.717, 1.165) is 11.6 Å². The number of alkyl halides is 3. The maximum Gasteiger partial charge on any atom is 0.514 e. The summed E-state index contributed by atoms with van der Waals surface area (Å²) in [6.07, 6.45) is 0.985. The van der Waals surface area contributed by atoms with Crippen molar-refractivity contribution in [3.63, 3.8) is 0 Å². The van der Waals surface area contributed by atoms with Crippen LogP contribution in [0.2, 0.25) is 0 Å². The third kappa shape index (κ3) is 7.57. The number of hydrogen-bond donors (Lipinski definition) is 1. The minimum absolute atomic E-state index is 0.167. The van der Waals surface area contributed by atoms with Crippen LogP contribution < -0.4 is 4.74 Å². The van der Waals surface area contributed by atoms with Crippen LogP contribution in [-0.2, 0) is 20.9 Å². The summed E-state index contributed by atoms with van der Waals surface area (Å²) in [7, 11) is 0. The van der Waals surface area contributed by atoms with E-state index in [0.29, 0.717) is 5.75 Å². The first-order valence-corrected chi connectivity index (χ1v) is 9.76. The summed E-state index contributed by atoms with van der Waals surface area (Å²) in [6.45, 7) is 2.82. The fourth-order valence-electron chi connectivity index (χ4n) is 1.96. The van der Waals surface area contributed by atoms with Gasteiger partial charge in [0, 0.05) is 6.08 Å². The summed E-state index contributed by atoms with van der Waals surface area (Å²) in [6, 6.07) is 8.78. The number of benzene rings is 1. The second-order valence-electron chi connectivity index (χ2n) is 6.61. The van der Waals surface area contributed by atoms with E-state index < -0.39 is 27.3 Å². The highest BCUT2D eigenvalue weighted by molar-refractivity contribution is 6.68. The van der Waals surface area contributed by atoms with Crippen LogP contribution in [0.5, 0.6) is 5.75 Å². The molecule has 0 amide bonds. The lowest BCUT2D eigenvalue weighted by Gasteiger charge is -2.31. The maximum atomic E-state index is 12.9. The lowest BCUT2D eigenvalue weighted by Crippen LogP contribution is -2.41. The van der Waals surface area contributed by atoms with Crippen molar-refractivity contribution in [1.29, 1.82) is 0 Å². The molecule has 0 aliphatic heterocycles. The van der Waals surface area contributed by atoms with Crippen molar-refractivity contribution < 1.29 is 33.3 Å². The second kappa shape index (κ2) is 10.2. The van der Waals surface area contributed by atoms with E-state index in [1.807, 2.05) is 0 Å². The molecule has 0 saturated heterocycles. The number of hydrogen-bond acceptors (Lipinski definition) is 6.